The third-order valence-corrected chi connectivity index (χ3v) is 7.08. The quantitative estimate of drug-likeness (QED) is 0.719. The molecule has 0 aliphatic carbocycles. The Labute approximate surface area is 188 Å². The number of rotatable bonds is 4. The molecule has 168 valence electrons. The zero-order valence-electron chi connectivity index (χ0n) is 18.7. The molecule has 4 heterocycles. The summed E-state index contributed by atoms with van der Waals surface area (Å²) >= 11 is 0. The standard InChI is InChI=1S/C25H29N3O4/c1-3-27-12-10-25(11-13-27)28-20(18-6-5-7-22(29-4-2)24(18)32-25)15-19(26-28)17-8-9-21-23(14-17)31-16-30-21/h5-9,14,20H,3-4,10-13,15-16H2,1-2H3/t20-/m1/s1. The highest BCUT2D eigenvalue weighted by molar-refractivity contribution is 6.02. The molecule has 1 spiro atoms. The maximum absolute atomic E-state index is 6.83. The second kappa shape index (κ2) is 7.59. The molecule has 1 fully saturated rings. The lowest BCUT2D eigenvalue weighted by molar-refractivity contribution is -0.150. The van der Waals surface area contributed by atoms with Crippen LogP contribution in [0.5, 0.6) is 23.0 Å². The highest BCUT2D eigenvalue weighted by atomic mass is 16.7. The maximum Gasteiger partial charge on any atom is 0.231 e. The first-order valence-corrected chi connectivity index (χ1v) is 11.6. The van der Waals surface area contributed by atoms with Gasteiger partial charge in [0.25, 0.3) is 0 Å². The SMILES string of the molecule is CCOc1cccc2c1OC1(CCN(CC)CC1)N1N=C(c3ccc4c(c3)OCO4)C[C@H]21. The molecule has 32 heavy (non-hydrogen) atoms. The van der Waals surface area contributed by atoms with Crippen molar-refractivity contribution in [2.45, 2.75) is 44.9 Å². The second-order valence-electron chi connectivity index (χ2n) is 8.77. The lowest BCUT2D eigenvalue weighted by atomic mass is 9.90. The molecule has 0 bridgehead atoms. The number of hydrogen-bond donors (Lipinski definition) is 0. The molecule has 4 aliphatic rings. The van der Waals surface area contributed by atoms with Crippen molar-refractivity contribution in [2.24, 2.45) is 5.10 Å². The Morgan fingerprint density at radius 2 is 1.94 bits per heavy atom. The van der Waals surface area contributed by atoms with Crippen LogP contribution in [0, 0.1) is 0 Å². The molecule has 2 aromatic rings. The van der Waals surface area contributed by atoms with E-state index in [9.17, 15) is 0 Å². The molecule has 0 N–H and O–H groups in total. The number of benzene rings is 2. The molecule has 2 aromatic carbocycles. The number of hydrogen-bond acceptors (Lipinski definition) is 7. The first-order valence-electron chi connectivity index (χ1n) is 11.6. The van der Waals surface area contributed by atoms with Crippen LogP contribution in [0.3, 0.4) is 0 Å². The number of ether oxygens (including phenoxy) is 4. The first-order chi connectivity index (χ1) is 15.7. The lowest BCUT2D eigenvalue weighted by Gasteiger charge is -2.51. The zero-order chi connectivity index (χ0) is 21.7. The van der Waals surface area contributed by atoms with Gasteiger partial charge in [0.2, 0.25) is 12.5 Å². The van der Waals surface area contributed by atoms with Crippen LogP contribution < -0.4 is 18.9 Å². The molecule has 0 unspecified atom stereocenters. The van der Waals surface area contributed by atoms with E-state index >= 15 is 0 Å². The van der Waals surface area contributed by atoms with E-state index in [2.05, 4.69) is 35.0 Å². The average Bonchev–Trinajstić information content (AvgIpc) is 3.48. The summed E-state index contributed by atoms with van der Waals surface area (Å²) in [6, 6.07) is 12.5. The Bertz CT molecular complexity index is 1060. The van der Waals surface area contributed by atoms with Gasteiger partial charge in [0.05, 0.1) is 18.4 Å². The highest BCUT2D eigenvalue weighted by Gasteiger charge is 2.52. The van der Waals surface area contributed by atoms with Crippen LogP contribution >= 0.6 is 0 Å². The highest BCUT2D eigenvalue weighted by Crippen LogP contribution is 2.53. The van der Waals surface area contributed by atoms with Gasteiger partial charge >= 0.3 is 0 Å². The van der Waals surface area contributed by atoms with Crippen molar-refractivity contribution < 1.29 is 18.9 Å². The van der Waals surface area contributed by atoms with Gasteiger partial charge in [0.1, 0.15) is 0 Å². The summed E-state index contributed by atoms with van der Waals surface area (Å²) in [6.45, 7) is 8.19. The molecule has 7 heteroatoms. The van der Waals surface area contributed by atoms with Gasteiger partial charge in [-0.3, -0.25) is 0 Å². The van der Waals surface area contributed by atoms with E-state index in [0.717, 1.165) is 78.7 Å². The third kappa shape index (κ3) is 3.02. The predicted molar refractivity (Wildman–Crippen MR) is 121 cm³/mol. The minimum absolute atomic E-state index is 0.132. The summed E-state index contributed by atoms with van der Waals surface area (Å²) in [5.74, 6) is 3.31. The van der Waals surface area contributed by atoms with Gasteiger partial charge < -0.3 is 23.8 Å². The molecule has 0 radical (unpaired) electrons. The number of fused-ring (bicyclic) bond motifs is 5. The summed E-state index contributed by atoms with van der Waals surface area (Å²) in [7, 11) is 0. The Morgan fingerprint density at radius 1 is 1.09 bits per heavy atom. The van der Waals surface area contributed by atoms with Gasteiger partial charge in [-0.15, -0.1) is 0 Å². The lowest BCUT2D eigenvalue weighted by Crippen LogP contribution is -2.59. The monoisotopic (exact) mass is 435 g/mol. The van der Waals surface area contributed by atoms with Crippen molar-refractivity contribution in [3.63, 3.8) is 0 Å². The number of likely N-dealkylation sites (tertiary alicyclic amines) is 1. The predicted octanol–water partition coefficient (Wildman–Crippen LogP) is 4.17. The van der Waals surface area contributed by atoms with E-state index in [1.807, 2.05) is 25.1 Å². The minimum Gasteiger partial charge on any atom is -0.490 e. The number of piperidine rings is 1. The fourth-order valence-corrected chi connectivity index (χ4v) is 5.34. The molecule has 0 aromatic heterocycles. The van der Waals surface area contributed by atoms with Gasteiger partial charge in [-0.05, 0) is 37.7 Å². The zero-order valence-corrected chi connectivity index (χ0v) is 18.7. The Kier molecular flexibility index (Phi) is 4.68. The molecule has 1 atom stereocenters. The van der Waals surface area contributed by atoms with Crippen LogP contribution in [0.15, 0.2) is 41.5 Å². The van der Waals surface area contributed by atoms with E-state index in [1.54, 1.807) is 0 Å². The van der Waals surface area contributed by atoms with Crippen LogP contribution in [0.2, 0.25) is 0 Å². The maximum atomic E-state index is 6.83. The third-order valence-electron chi connectivity index (χ3n) is 7.08. The molecular formula is C25H29N3O4. The van der Waals surface area contributed by atoms with Crippen molar-refractivity contribution in [1.82, 2.24) is 9.91 Å². The van der Waals surface area contributed by atoms with Gasteiger partial charge in [0.15, 0.2) is 23.0 Å². The van der Waals surface area contributed by atoms with Crippen molar-refractivity contribution in [2.75, 3.05) is 33.0 Å². The fourth-order valence-electron chi connectivity index (χ4n) is 5.34. The van der Waals surface area contributed by atoms with Crippen molar-refractivity contribution in [3.8, 4) is 23.0 Å². The van der Waals surface area contributed by atoms with Gasteiger partial charge in [-0.2, -0.15) is 5.10 Å². The Hall–Kier alpha value is -2.93. The molecule has 7 nitrogen and oxygen atoms in total. The largest absolute Gasteiger partial charge is 0.490 e. The van der Waals surface area contributed by atoms with E-state index in [0.29, 0.717) is 6.61 Å². The Morgan fingerprint density at radius 3 is 2.75 bits per heavy atom. The van der Waals surface area contributed by atoms with Crippen molar-refractivity contribution in [3.05, 3.63) is 47.5 Å². The van der Waals surface area contributed by atoms with Gasteiger partial charge in [-0.1, -0.05) is 19.1 Å². The van der Waals surface area contributed by atoms with Crippen LogP contribution in [0.1, 0.15) is 50.3 Å². The number of hydrazone groups is 1. The fraction of sp³-hybridized carbons (Fsp3) is 0.480. The smallest absolute Gasteiger partial charge is 0.231 e. The second-order valence-corrected chi connectivity index (χ2v) is 8.77. The Balaban J connectivity index is 1.41. The van der Waals surface area contributed by atoms with Crippen molar-refractivity contribution >= 4 is 5.71 Å². The van der Waals surface area contributed by atoms with E-state index < -0.39 is 5.72 Å². The van der Waals surface area contributed by atoms with E-state index in [1.165, 1.54) is 0 Å². The summed E-state index contributed by atoms with van der Waals surface area (Å²) in [4.78, 5) is 2.48. The first kappa shape index (κ1) is 19.7. The van der Waals surface area contributed by atoms with Crippen LogP contribution in [0.4, 0.5) is 0 Å². The van der Waals surface area contributed by atoms with Crippen LogP contribution in [-0.4, -0.2) is 54.4 Å². The molecule has 6 rings (SSSR count). The molecule has 0 amide bonds. The average molecular weight is 436 g/mol. The van der Waals surface area contributed by atoms with E-state index in [-0.39, 0.29) is 12.8 Å². The van der Waals surface area contributed by atoms with Gasteiger partial charge in [-0.25, -0.2) is 5.01 Å². The van der Waals surface area contributed by atoms with Crippen LogP contribution in [-0.2, 0) is 0 Å². The molecular weight excluding hydrogens is 406 g/mol. The minimum atomic E-state index is -0.450. The summed E-state index contributed by atoms with van der Waals surface area (Å²) in [5.41, 5.74) is 2.84. The summed E-state index contributed by atoms with van der Waals surface area (Å²) in [5, 5.41) is 7.43. The number of para-hydroxylation sites is 1. The topological polar surface area (TPSA) is 55.8 Å². The normalized spacial score (nSPS) is 22.9. The molecule has 1 saturated heterocycles. The molecule has 4 aliphatic heterocycles. The summed E-state index contributed by atoms with van der Waals surface area (Å²) in [6.07, 6.45) is 2.65. The molecule has 0 saturated carbocycles. The van der Waals surface area contributed by atoms with Gasteiger partial charge in [0, 0.05) is 43.5 Å². The number of nitrogens with zero attached hydrogens (tertiary/aromatic N) is 3. The van der Waals surface area contributed by atoms with Crippen LogP contribution in [0.25, 0.3) is 0 Å². The summed E-state index contributed by atoms with van der Waals surface area (Å²) < 4.78 is 23.9. The van der Waals surface area contributed by atoms with E-state index in [4.69, 9.17) is 24.0 Å². The van der Waals surface area contributed by atoms with Crippen molar-refractivity contribution in [1.29, 1.82) is 0 Å².